The van der Waals surface area contributed by atoms with Gasteiger partial charge in [-0.15, -0.1) is 0 Å². The summed E-state index contributed by atoms with van der Waals surface area (Å²) in [5.74, 6) is -2.01. The molecule has 10 heteroatoms. The molecule has 1 heterocycles. The lowest BCUT2D eigenvalue weighted by Crippen LogP contribution is -2.19. The van der Waals surface area contributed by atoms with Crippen LogP contribution < -0.4 is 4.72 Å². The summed E-state index contributed by atoms with van der Waals surface area (Å²) in [6.45, 7) is 0. The van der Waals surface area contributed by atoms with Gasteiger partial charge in [0.25, 0.3) is 0 Å². The van der Waals surface area contributed by atoms with Crippen molar-refractivity contribution >= 4 is 21.7 Å². The Bertz CT molecular complexity index is 586. The van der Waals surface area contributed by atoms with E-state index in [-0.39, 0.29) is 11.3 Å². The first kappa shape index (κ1) is 16.2. The highest BCUT2D eigenvalue weighted by molar-refractivity contribution is 7.92. The van der Waals surface area contributed by atoms with Crippen LogP contribution in [0.15, 0.2) is 18.5 Å². The average molecular weight is 312 g/mol. The van der Waals surface area contributed by atoms with Crippen LogP contribution in [0.25, 0.3) is 0 Å². The molecule has 2 N–H and O–H groups in total. The van der Waals surface area contributed by atoms with Crippen LogP contribution in [0.5, 0.6) is 0 Å². The molecule has 0 radical (unpaired) electrons. The number of carbonyl (C=O) groups is 1. The monoisotopic (exact) mass is 312 g/mol. The van der Waals surface area contributed by atoms with Crippen molar-refractivity contribution < 1.29 is 31.5 Å². The van der Waals surface area contributed by atoms with E-state index in [1.165, 1.54) is 0 Å². The first-order valence-corrected chi connectivity index (χ1v) is 7.00. The van der Waals surface area contributed by atoms with Gasteiger partial charge in [0.2, 0.25) is 10.0 Å². The summed E-state index contributed by atoms with van der Waals surface area (Å²) >= 11 is 0. The van der Waals surface area contributed by atoms with Gasteiger partial charge in [0.05, 0.1) is 23.2 Å². The molecule has 0 atom stereocenters. The standard InChI is InChI=1S/C10H11F3N2O4S/c11-10(12,13)2-1-3-20(18,19)15-8-4-7(9(16)17)5-14-6-8/h4-6,15H,1-3H2,(H,16,17). The maximum absolute atomic E-state index is 11.9. The van der Waals surface area contributed by atoms with Crippen LogP contribution in [0.2, 0.25) is 0 Å². The van der Waals surface area contributed by atoms with E-state index in [2.05, 4.69) is 4.98 Å². The fourth-order valence-electron chi connectivity index (χ4n) is 1.31. The van der Waals surface area contributed by atoms with Crippen molar-refractivity contribution in [3.05, 3.63) is 24.0 Å². The van der Waals surface area contributed by atoms with Crippen LogP contribution in [0.1, 0.15) is 23.2 Å². The Kier molecular flexibility index (Phi) is 4.93. The molecule has 0 amide bonds. The number of nitrogens with zero attached hydrogens (tertiary/aromatic N) is 1. The van der Waals surface area contributed by atoms with Gasteiger partial charge in [-0.3, -0.25) is 9.71 Å². The Morgan fingerprint density at radius 2 is 2.00 bits per heavy atom. The summed E-state index contributed by atoms with van der Waals surface area (Å²) < 4.78 is 60.7. The van der Waals surface area contributed by atoms with E-state index in [0.717, 1.165) is 18.5 Å². The molecule has 0 aliphatic rings. The maximum Gasteiger partial charge on any atom is 0.389 e. The summed E-state index contributed by atoms with van der Waals surface area (Å²) in [6, 6.07) is 1.02. The predicted molar refractivity (Wildman–Crippen MR) is 63.9 cm³/mol. The van der Waals surface area contributed by atoms with Crippen LogP contribution in [0, 0.1) is 0 Å². The highest BCUT2D eigenvalue weighted by atomic mass is 32.2. The van der Waals surface area contributed by atoms with Gasteiger partial charge in [-0.05, 0) is 12.5 Å². The lowest BCUT2D eigenvalue weighted by atomic mass is 10.3. The number of carboxylic acid groups (broad SMARTS) is 1. The maximum atomic E-state index is 11.9. The molecule has 1 aromatic rings. The molecule has 0 aliphatic heterocycles. The Labute approximate surface area is 112 Å². The van der Waals surface area contributed by atoms with Crippen molar-refractivity contribution in [3.63, 3.8) is 0 Å². The van der Waals surface area contributed by atoms with E-state index in [1.807, 2.05) is 4.72 Å². The molecular weight excluding hydrogens is 301 g/mol. The van der Waals surface area contributed by atoms with Crippen LogP contribution in [0.3, 0.4) is 0 Å². The van der Waals surface area contributed by atoms with Crippen LogP contribution in [-0.2, 0) is 10.0 Å². The van der Waals surface area contributed by atoms with E-state index < -0.39 is 40.8 Å². The Balaban J connectivity index is 2.67. The topological polar surface area (TPSA) is 96.4 Å². The van der Waals surface area contributed by atoms with E-state index in [4.69, 9.17) is 5.11 Å². The van der Waals surface area contributed by atoms with Gasteiger partial charge in [-0.2, -0.15) is 13.2 Å². The Morgan fingerprint density at radius 3 is 2.55 bits per heavy atom. The van der Waals surface area contributed by atoms with Crippen molar-refractivity contribution in [2.24, 2.45) is 0 Å². The quantitative estimate of drug-likeness (QED) is 0.836. The molecule has 1 rings (SSSR count). The largest absolute Gasteiger partial charge is 0.478 e. The molecule has 0 spiro atoms. The number of alkyl halides is 3. The first-order valence-electron chi connectivity index (χ1n) is 5.35. The van der Waals surface area contributed by atoms with Crippen molar-refractivity contribution in [1.29, 1.82) is 0 Å². The molecule has 0 fully saturated rings. The minimum absolute atomic E-state index is 0.114. The summed E-state index contributed by atoms with van der Waals surface area (Å²) in [7, 11) is -3.98. The van der Waals surface area contributed by atoms with E-state index >= 15 is 0 Å². The smallest absolute Gasteiger partial charge is 0.389 e. The lowest BCUT2D eigenvalue weighted by Gasteiger charge is -2.09. The SMILES string of the molecule is O=C(O)c1cncc(NS(=O)(=O)CCCC(F)(F)F)c1. The summed E-state index contributed by atoms with van der Waals surface area (Å²) in [5, 5.41) is 8.70. The number of nitrogens with one attached hydrogen (secondary N) is 1. The highest BCUT2D eigenvalue weighted by Crippen LogP contribution is 2.22. The minimum atomic E-state index is -4.42. The third-order valence-corrected chi connectivity index (χ3v) is 3.50. The van der Waals surface area contributed by atoms with Gasteiger partial charge in [-0.1, -0.05) is 0 Å². The number of sulfonamides is 1. The number of hydrogen-bond acceptors (Lipinski definition) is 4. The second-order valence-electron chi connectivity index (χ2n) is 3.91. The summed E-state index contributed by atoms with van der Waals surface area (Å²) in [4.78, 5) is 14.2. The van der Waals surface area contributed by atoms with Crippen molar-refractivity contribution in [2.75, 3.05) is 10.5 Å². The first-order chi connectivity index (χ1) is 9.09. The third kappa shape index (κ3) is 5.87. The Morgan fingerprint density at radius 1 is 1.35 bits per heavy atom. The molecule has 0 saturated carbocycles. The zero-order chi connectivity index (χ0) is 15.4. The van der Waals surface area contributed by atoms with Gasteiger partial charge in [0.15, 0.2) is 0 Å². The highest BCUT2D eigenvalue weighted by Gasteiger charge is 2.27. The molecule has 0 unspecified atom stereocenters. The third-order valence-electron chi connectivity index (χ3n) is 2.13. The van der Waals surface area contributed by atoms with E-state index in [9.17, 15) is 26.4 Å². The van der Waals surface area contributed by atoms with Crippen LogP contribution in [0.4, 0.5) is 18.9 Å². The molecule has 6 nitrogen and oxygen atoms in total. The van der Waals surface area contributed by atoms with E-state index in [1.54, 1.807) is 0 Å². The van der Waals surface area contributed by atoms with Crippen LogP contribution >= 0.6 is 0 Å². The van der Waals surface area contributed by atoms with Gasteiger partial charge < -0.3 is 5.11 Å². The zero-order valence-corrected chi connectivity index (χ0v) is 10.8. The second-order valence-corrected chi connectivity index (χ2v) is 5.75. The number of pyridine rings is 1. The summed E-state index contributed by atoms with van der Waals surface area (Å²) in [6.07, 6.45) is -4.12. The number of anilines is 1. The molecule has 0 saturated heterocycles. The molecule has 0 aliphatic carbocycles. The normalized spacial score (nSPS) is 12.2. The Hall–Kier alpha value is -1.84. The van der Waals surface area contributed by atoms with Crippen molar-refractivity contribution in [2.45, 2.75) is 19.0 Å². The number of rotatable bonds is 6. The molecule has 20 heavy (non-hydrogen) atoms. The van der Waals surface area contributed by atoms with Gasteiger partial charge in [-0.25, -0.2) is 13.2 Å². The van der Waals surface area contributed by atoms with E-state index in [0.29, 0.717) is 0 Å². The summed E-state index contributed by atoms with van der Waals surface area (Å²) in [5.41, 5.74) is -0.350. The zero-order valence-electron chi connectivity index (χ0n) is 10.0. The van der Waals surface area contributed by atoms with Crippen molar-refractivity contribution in [1.82, 2.24) is 4.98 Å². The average Bonchev–Trinajstić information content (AvgIpc) is 2.26. The number of hydrogen-bond donors (Lipinski definition) is 2. The fraction of sp³-hybridized carbons (Fsp3) is 0.400. The van der Waals surface area contributed by atoms with Gasteiger partial charge in [0, 0.05) is 12.6 Å². The van der Waals surface area contributed by atoms with Crippen LogP contribution in [-0.4, -0.2) is 36.4 Å². The molecule has 0 bridgehead atoms. The molecule has 0 aromatic carbocycles. The molecule has 112 valence electrons. The molecular formula is C10H11F3N2O4S. The number of aromatic carboxylic acids is 1. The van der Waals surface area contributed by atoms with Crippen molar-refractivity contribution in [3.8, 4) is 0 Å². The number of halogens is 3. The number of aromatic nitrogens is 1. The van der Waals surface area contributed by atoms with Gasteiger partial charge >= 0.3 is 12.1 Å². The predicted octanol–water partition coefficient (Wildman–Crippen LogP) is 1.86. The lowest BCUT2D eigenvalue weighted by molar-refractivity contribution is -0.134. The second kappa shape index (κ2) is 6.07. The van der Waals surface area contributed by atoms with Gasteiger partial charge in [0.1, 0.15) is 0 Å². The number of carboxylic acids is 1. The minimum Gasteiger partial charge on any atom is -0.478 e. The molecule has 1 aromatic heterocycles. The fourth-order valence-corrected chi connectivity index (χ4v) is 2.40.